The van der Waals surface area contributed by atoms with Crippen molar-refractivity contribution in [2.75, 3.05) is 23.7 Å². The predicted molar refractivity (Wildman–Crippen MR) is 119 cm³/mol. The van der Waals surface area contributed by atoms with Gasteiger partial charge >= 0.3 is 0 Å². The van der Waals surface area contributed by atoms with Crippen LogP contribution in [0.3, 0.4) is 0 Å². The van der Waals surface area contributed by atoms with E-state index in [1.54, 1.807) is 31.4 Å². The molecule has 1 saturated heterocycles. The minimum absolute atomic E-state index is 0.140. The molecule has 1 fully saturated rings. The normalized spacial score (nSPS) is 21.5. The van der Waals surface area contributed by atoms with Crippen LogP contribution in [0.15, 0.2) is 42.5 Å². The summed E-state index contributed by atoms with van der Waals surface area (Å²) < 4.78 is 37.7. The Morgan fingerprint density at radius 2 is 2.00 bits per heavy atom. The van der Waals surface area contributed by atoms with Gasteiger partial charge < -0.3 is 14.8 Å². The molecule has 0 radical (unpaired) electrons. The molecule has 2 aromatic rings. The largest absolute Gasteiger partial charge is 0.497 e. The Balaban J connectivity index is 1.59. The van der Waals surface area contributed by atoms with Gasteiger partial charge in [0.05, 0.1) is 24.6 Å². The minimum atomic E-state index is -3.34. The first-order valence-corrected chi connectivity index (χ1v) is 12.1. The molecule has 1 atom stereocenters. The van der Waals surface area contributed by atoms with Gasteiger partial charge in [-0.1, -0.05) is 6.07 Å². The summed E-state index contributed by atoms with van der Waals surface area (Å²) in [6, 6.07) is 12.2. The molecule has 0 aromatic heterocycles. The van der Waals surface area contributed by atoms with Crippen LogP contribution in [-0.2, 0) is 10.0 Å². The number of amides is 1. The maximum atomic E-state index is 13.1. The highest BCUT2D eigenvalue weighted by Crippen LogP contribution is 2.41. The fraction of sp³-hybridized carbons (Fsp3) is 0.435. The summed E-state index contributed by atoms with van der Waals surface area (Å²) in [5.41, 5.74) is 1.40. The first-order chi connectivity index (χ1) is 14.7. The van der Waals surface area contributed by atoms with Gasteiger partial charge in [0.2, 0.25) is 10.0 Å². The molecule has 2 aliphatic heterocycles. The molecule has 166 valence electrons. The number of anilines is 1. The molecule has 0 spiro atoms. The lowest BCUT2D eigenvalue weighted by Crippen LogP contribution is -2.41. The van der Waals surface area contributed by atoms with Gasteiger partial charge in [-0.15, -0.1) is 0 Å². The predicted octanol–water partition coefficient (Wildman–Crippen LogP) is 3.66. The molecule has 0 bridgehead atoms. The highest BCUT2D eigenvalue weighted by atomic mass is 32.2. The fourth-order valence-corrected chi connectivity index (χ4v) is 5.84. The van der Waals surface area contributed by atoms with Crippen LogP contribution in [0.25, 0.3) is 0 Å². The number of ether oxygens (including phenoxy) is 2. The van der Waals surface area contributed by atoms with Crippen molar-refractivity contribution in [3.63, 3.8) is 0 Å². The number of nitrogens with one attached hydrogen (secondary N) is 1. The summed E-state index contributed by atoms with van der Waals surface area (Å²) in [5, 5.41) is 3.11. The number of sulfonamides is 1. The summed E-state index contributed by atoms with van der Waals surface area (Å²) in [6.45, 7) is 4.41. The number of carbonyl (C=O) groups is 1. The number of hydrogen-bond acceptors (Lipinski definition) is 5. The Morgan fingerprint density at radius 3 is 2.74 bits per heavy atom. The van der Waals surface area contributed by atoms with E-state index < -0.39 is 15.6 Å². The zero-order valence-electron chi connectivity index (χ0n) is 18.1. The third-order valence-electron chi connectivity index (χ3n) is 5.73. The lowest BCUT2D eigenvalue weighted by molar-refractivity contribution is 0.0617. The summed E-state index contributed by atoms with van der Waals surface area (Å²) >= 11 is 0. The van der Waals surface area contributed by atoms with Crippen molar-refractivity contribution in [3.8, 4) is 11.5 Å². The highest BCUT2D eigenvalue weighted by Gasteiger charge is 2.35. The third kappa shape index (κ3) is 4.49. The number of nitrogens with zero attached hydrogens (tertiary/aromatic N) is 1. The maximum Gasteiger partial charge on any atom is 0.251 e. The number of fused-ring (bicyclic) bond motifs is 1. The second kappa shape index (κ2) is 8.07. The molecule has 2 aliphatic rings. The average molecular weight is 445 g/mol. The molecule has 8 heteroatoms. The SMILES string of the molecule is COc1ccc2c(c1)OC(C)(C)CC2NC(=O)c1cccc(N2CCCCS2(=O)=O)c1. The van der Waals surface area contributed by atoms with E-state index in [0.717, 1.165) is 12.0 Å². The van der Waals surface area contributed by atoms with Crippen LogP contribution >= 0.6 is 0 Å². The van der Waals surface area contributed by atoms with Gasteiger partial charge in [-0.05, 0) is 57.0 Å². The van der Waals surface area contributed by atoms with Crippen molar-refractivity contribution in [2.24, 2.45) is 0 Å². The lowest BCUT2D eigenvalue weighted by atomic mass is 9.89. The van der Waals surface area contributed by atoms with Crippen molar-refractivity contribution in [1.29, 1.82) is 0 Å². The van der Waals surface area contributed by atoms with E-state index in [1.165, 1.54) is 4.31 Å². The number of hydrogen-bond donors (Lipinski definition) is 1. The van der Waals surface area contributed by atoms with Crippen molar-refractivity contribution in [1.82, 2.24) is 5.32 Å². The van der Waals surface area contributed by atoms with Gasteiger partial charge in [-0.3, -0.25) is 9.10 Å². The summed E-state index contributed by atoms with van der Waals surface area (Å²) in [5.74, 6) is 1.27. The van der Waals surface area contributed by atoms with Crippen molar-refractivity contribution >= 4 is 21.6 Å². The quantitative estimate of drug-likeness (QED) is 0.778. The molecule has 4 rings (SSSR count). The summed E-state index contributed by atoms with van der Waals surface area (Å²) in [7, 11) is -1.73. The molecule has 1 unspecified atom stereocenters. The van der Waals surface area contributed by atoms with E-state index in [2.05, 4.69) is 5.32 Å². The van der Waals surface area contributed by atoms with Crippen molar-refractivity contribution in [3.05, 3.63) is 53.6 Å². The topological polar surface area (TPSA) is 84.9 Å². The minimum Gasteiger partial charge on any atom is -0.497 e. The lowest BCUT2D eigenvalue weighted by Gasteiger charge is -2.38. The van der Waals surface area contributed by atoms with Crippen LogP contribution in [0, 0.1) is 0 Å². The third-order valence-corrected chi connectivity index (χ3v) is 7.60. The Kier molecular flexibility index (Phi) is 5.60. The maximum absolute atomic E-state index is 13.1. The molecule has 1 amide bonds. The number of rotatable bonds is 4. The Labute approximate surface area is 183 Å². The van der Waals surface area contributed by atoms with Crippen LogP contribution in [-0.4, -0.2) is 39.3 Å². The Morgan fingerprint density at radius 1 is 1.19 bits per heavy atom. The van der Waals surface area contributed by atoms with E-state index in [9.17, 15) is 13.2 Å². The van der Waals surface area contributed by atoms with Gasteiger partial charge in [0.15, 0.2) is 0 Å². The van der Waals surface area contributed by atoms with E-state index in [1.807, 2.05) is 32.0 Å². The van der Waals surface area contributed by atoms with Crippen LogP contribution in [0.1, 0.15) is 55.1 Å². The van der Waals surface area contributed by atoms with Crippen molar-refractivity contribution in [2.45, 2.75) is 44.8 Å². The van der Waals surface area contributed by atoms with Crippen LogP contribution < -0.4 is 19.1 Å². The van der Waals surface area contributed by atoms with Crippen LogP contribution in [0.2, 0.25) is 0 Å². The van der Waals surface area contributed by atoms with Crippen LogP contribution in [0.5, 0.6) is 11.5 Å². The average Bonchev–Trinajstić information content (AvgIpc) is 2.72. The van der Waals surface area contributed by atoms with Gasteiger partial charge in [0, 0.05) is 30.2 Å². The molecular formula is C23H28N2O5S. The number of benzene rings is 2. The highest BCUT2D eigenvalue weighted by molar-refractivity contribution is 7.92. The van der Waals surface area contributed by atoms with Crippen LogP contribution in [0.4, 0.5) is 5.69 Å². The van der Waals surface area contributed by atoms with E-state index >= 15 is 0 Å². The van der Waals surface area contributed by atoms with Gasteiger partial charge in [0.25, 0.3) is 5.91 Å². The van der Waals surface area contributed by atoms with Gasteiger partial charge in [0.1, 0.15) is 17.1 Å². The van der Waals surface area contributed by atoms with E-state index in [4.69, 9.17) is 9.47 Å². The van der Waals surface area contributed by atoms with Gasteiger partial charge in [-0.2, -0.15) is 0 Å². The summed E-state index contributed by atoms with van der Waals surface area (Å²) in [4.78, 5) is 13.1. The first kappa shape index (κ1) is 21.5. The second-order valence-electron chi connectivity index (χ2n) is 8.64. The second-order valence-corrected chi connectivity index (χ2v) is 10.7. The van der Waals surface area contributed by atoms with Crippen molar-refractivity contribution < 1.29 is 22.7 Å². The van der Waals surface area contributed by atoms with E-state index in [0.29, 0.717) is 42.1 Å². The Hall–Kier alpha value is -2.74. The molecular weight excluding hydrogens is 416 g/mol. The fourth-order valence-electron chi connectivity index (χ4n) is 4.21. The molecule has 1 N–H and O–H groups in total. The molecule has 2 heterocycles. The van der Waals surface area contributed by atoms with Gasteiger partial charge in [-0.25, -0.2) is 8.42 Å². The van der Waals surface area contributed by atoms with E-state index in [-0.39, 0.29) is 17.7 Å². The molecule has 31 heavy (non-hydrogen) atoms. The summed E-state index contributed by atoms with van der Waals surface area (Å²) in [6.07, 6.45) is 2.09. The molecule has 0 aliphatic carbocycles. The molecule has 0 saturated carbocycles. The standard InChI is InChI=1S/C23H28N2O5S/c1-23(2)15-20(19-10-9-18(29-3)14-21(19)30-23)24-22(26)16-7-6-8-17(13-16)25-11-4-5-12-31(25,27)28/h6-10,13-14,20H,4-5,11-12,15H2,1-3H3,(H,24,26). The molecule has 7 nitrogen and oxygen atoms in total. The Bertz CT molecular complexity index is 1100. The number of methoxy groups -OCH3 is 1. The number of carbonyl (C=O) groups excluding carboxylic acids is 1. The zero-order chi connectivity index (χ0) is 22.2. The first-order valence-electron chi connectivity index (χ1n) is 10.5. The monoisotopic (exact) mass is 444 g/mol. The molecule has 2 aromatic carbocycles. The smallest absolute Gasteiger partial charge is 0.251 e. The zero-order valence-corrected chi connectivity index (χ0v) is 18.9.